The molecule has 0 N–H and O–H groups in total. The van der Waals surface area contributed by atoms with Gasteiger partial charge in [-0.1, -0.05) is 36.5 Å². The Kier molecular flexibility index (Phi) is 6.69. The predicted molar refractivity (Wildman–Crippen MR) is 127 cm³/mol. The molecule has 2 heterocycles. The fraction of sp³-hybridized carbons (Fsp3) is 0.250. The van der Waals surface area contributed by atoms with Gasteiger partial charge in [-0.25, -0.2) is 0 Å². The van der Waals surface area contributed by atoms with Crippen LogP contribution in [-0.2, 0) is 6.42 Å². The maximum absolute atomic E-state index is 12.9. The standard InChI is InChI=1S/C24H23N3O5S/c1-4-11-32-17-8-5-15(6-9-17)14-21-23(29)27-24(33-21)25-22(28)18(26-27)12-16-7-10-19(30-2)20(13-16)31-3/h5-10,13-14H,4,11-12H2,1-3H3/b21-14-. The molecule has 0 unspecified atom stereocenters. The summed E-state index contributed by atoms with van der Waals surface area (Å²) in [5, 5.41) is 4.31. The van der Waals surface area contributed by atoms with E-state index < -0.39 is 5.56 Å². The molecule has 0 aliphatic heterocycles. The molecule has 0 saturated heterocycles. The molecule has 2 aromatic heterocycles. The van der Waals surface area contributed by atoms with E-state index in [4.69, 9.17) is 14.2 Å². The largest absolute Gasteiger partial charge is 0.494 e. The zero-order valence-electron chi connectivity index (χ0n) is 18.5. The molecule has 4 aromatic rings. The van der Waals surface area contributed by atoms with Gasteiger partial charge in [0.05, 0.1) is 25.4 Å². The third-order valence-electron chi connectivity index (χ3n) is 4.92. The van der Waals surface area contributed by atoms with Crippen LogP contribution in [0.3, 0.4) is 0 Å². The van der Waals surface area contributed by atoms with Crippen molar-refractivity contribution in [3.63, 3.8) is 0 Å². The molecule has 2 aromatic carbocycles. The zero-order valence-corrected chi connectivity index (χ0v) is 19.3. The Labute approximate surface area is 193 Å². The molecule has 9 heteroatoms. The number of hydrogen-bond acceptors (Lipinski definition) is 8. The molecule has 0 aliphatic carbocycles. The average molecular weight is 466 g/mol. The Morgan fingerprint density at radius 3 is 2.48 bits per heavy atom. The maximum atomic E-state index is 12.9. The van der Waals surface area contributed by atoms with E-state index in [1.54, 1.807) is 32.4 Å². The summed E-state index contributed by atoms with van der Waals surface area (Å²) in [4.78, 5) is 29.8. The van der Waals surface area contributed by atoms with Crippen LogP contribution in [0.2, 0.25) is 0 Å². The summed E-state index contributed by atoms with van der Waals surface area (Å²) in [5.74, 6) is 1.91. The number of hydrogen-bond donors (Lipinski definition) is 0. The molecule has 170 valence electrons. The van der Waals surface area contributed by atoms with Crippen molar-refractivity contribution in [1.82, 2.24) is 14.6 Å². The van der Waals surface area contributed by atoms with Crippen LogP contribution in [0.1, 0.15) is 30.2 Å². The molecule has 0 spiro atoms. The minimum atomic E-state index is -0.463. The van der Waals surface area contributed by atoms with Crippen molar-refractivity contribution in [1.29, 1.82) is 0 Å². The van der Waals surface area contributed by atoms with Crippen LogP contribution in [0, 0.1) is 0 Å². The van der Waals surface area contributed by atoms with E-state index in [0.29, 0.717) is 22.6 Å². The number of nitrogens with zero attached hydrogens (tertiary/aromatic N) is 3. The fourth-order valence-electron chi connectivity index (χ4n) is 3.27. The maximum Gasteiger partial charge on any atom is 0.296 e. The van der Waals surface area contributed by atoms with Gasteiger partial charge in [0.1, 0.15) is 11.4 Å². The van der Waals surface area contributed by atoms with Crippen LogP contribution >= 0.6 is 11.3 Å². The SMILES string of the molecule is CCCOc1ccc(/C=c2\sc3nc(=O)c(Cc4ccc(OC)c(OC)c4)nn3c2=O)cc1. The first-order valence-corrected chi connectivity index (χ1v) is 11.2. The third-order valence-corrected chi connectivity index (χ3v) is 5.88. The van der Waals surface area contributed by atoms with Crippen LogP contribution in [0.15, 0.2) is 52.1 Å². The number of benzene rings is 2. The van der Waals surface area contributed by atoms with Gasteiger partial charge in [-0.3, -0.25) is 9.59 Å². The smallest absolute Gasteiger partial charge is 0.296 e. The van der Waals surface area contributed by atoms with Gasteiger partial charge in [0.15, 0.2) is 11.5 Å². The highest BCUT2D eigenvalue weighted by molar-refractivity contribution is 7.15. The second-order valence-electron chi connectivity index (χ2n) is 7.26. The van der Waals surface area contributed by atoms with E-state index in [0.717, 1.165) is 34.6 Å². The number of ether oxygens (including phenoxy) is 3. The van der Waals surface area contributed by atoms with Gasteiger partial charge < -0.3 is 14.2 Å². The molecule has 0 saturated carbocycles. The monoisotopic (exact) mass is 465 g/mol. The van der Waals surface area contributed by atoms with Gasteiger partial charge in [0.25, 0.3) is 11.1 Å². The van der Waals surface area contributed by atoms with E-state index in [-0.39, 0.29) is 22.6 Å². The Bertz CT molecular complexity index is 1440. The highest BCUT2D eigenvalue weighted by Crippen LogP contribution is 2.28. The van der Waals surface area contributed by atoms with Crippen molar-refractivity contribution < 1.29 is 14.2 Å². The number of thiazole rings is 1. The average Bonchev–Trinajstić information content (AvgIpc) is 3.12. The molecule has 0 fully saturated rings. The lowest BCUT2D eigenvalue weighted by Gasteiger charge is -2.09. The van der Waals surface area contributed by atoms with Crippen LogP contribution in [-0.4, -0.2) is 35.4 Å². The molecular formula is C24H23N3O5S. The summed E-state index contributed by atoms with van der Waals surface area (Å²) in [7, 11) is 3.10. The summed E-state index contributed by atoms with van der Waals surface area (Å²) >= 11 is 1.13. The van der Waals surface area contributed by atoms with Crippen molar-refractivity contribution in [2.45, 2.75) is 19.8 Å². The molecule has 33 heavy (non-hydrogen) atoms. The fourth-order valence-corrected chi connectivity index (χ4v) is 4.17. The van der Waals surface area contributed by atoms with Crippen molar-refractivity contribution >= 4 is 22.4 Å². The highest BCUT2D eigenvalue weighted by Gasteiger charge is 2.13. The predicted octanol–water partition coefficient (Wildman–Crippen LogP) is 2.46. The topological polar surface area (TPSA) is 92.0 Å². The van der Waals surface area contributed by atoms with Crippen LogP contribution in [0.25, 0.3) is 11.0 Å². The van der Waals surface area contributed by atoms with Gasteiger partial charge in [-0.2, -0.15) is 14.6 Å². The van der Waals surface area contributed by atoms with Gasteiger partial charge in [0, 0.05) is 6.42 Å². The first-order valence-electron chi connectivity index (χ1n) is 10.4. The van der Waals surface area contributed by atoms with Crippen LogP contribution in [0.4, 0.5) is 0 Å². The minimum Gasteiger partial charge on any atom is -0.494 e. The van der Waals surface area contributed by atoms with Gasteiger partial charge in [0.2, 0.25) is 4.96 Å². The summed E-state index contributed by atoms with van der Waals surface area (Å²) in [6.45, 7) is 2.70. The zero-order chi connectivity index (χ0) is 23.4. The summed E-state index contributed by atoms with van der Waals surface area (Å²) in [6.07, 6.45) is 2.90. The Morgan fingerprint density at radius 1 is 1.03 bits per heavy atom. The number of methoxy groups -OCH3 is 2. The molecule has 0 bridgehead atoms. The number of rotatable bonds is 8. The molecule has 0 aliphatic rings. The molecule has 0 amide bonds. The second-order valence-corrected chi connectivity index (χ2v) is 8.27. The van der Waals surface area contributed by atoms with E-state index in [9.17, 15) is 9.59 Å². The molecule has 0 radical (unpaired) electrons. The van der Waals surface area contributed by atoms with Crippen LogP contribution in [0.5, 0.6) is 17.2 Å². The first-order chi connectivity index (χ1) is 16.0. The van der Waals surface area contributed by atoms with Crippen molar-refractivity contribution in [2.75, 3.05) is 20.8 Å². The first kappa shape index (κ1) is 22.5. The van der Waals surface area contributed by atoms with Gasteiger partial charge >= 0.3 is 0 Å². The van der Waals surface area contributed by atoms with Crippen molar-refractivity contribution in [3.8, 4) is 17.2 Å². The van der Waals surface area contributed by atoms with E-state index >= 15 is 0 Å². The minimum absolute atomic E-state index is 0.179. The quantitative estimate of drug-likeness (QED) is 0.395. The second kappa shape index (κ2) is 9.83. The lowest BCUT2D eigenvalue weighted by atomic mass is 10.1. The van der Waals surface area contributed by atoms with Crippen LogP contribution < -0.4 is 29.9 Å². The molecule has 0 atom stereocenters. The Morgan fingerprint density at radius 2 is 1.79 bits per heavy atom. The normalized spacial score (nSPS) is 11.7. The third kappa shape index (κ3) is 4.88. The molecule has 8 nitrogen and oxygen atoms in total. The van der Waals surface area contributed by atoms with Crippen molar-refractivity contribution in [2.24, 2.45) is 0 Å². The van der Waals surface area contributed by atoms with Gasteiger partial charge in [-0.15, -0.1) is 0 Å². The Hall–Kier alpha value is -3.72. The van der Waals surface area contributed by atoms with Crippen molar-refractivity contribution in [3.05, 3.63) is 84.5 Å². The van der Waals surface area contributed by atoms with Gasteiger partial charge in [-0.05, 0) is 47.9 Å². The number of aromatic nitrogens is 3. The lowest BCUT2D eigenvalue weighted by molar-refractivity contribution is 0.317. The summed E-state index contributed by atoms with van der Waals surface area (Å²) < 4.78 is 17.8. The Balaban J connectivity index is 1.67. The number of fused-ring (bicyclic) bond motifs is 1. The lowest BCUT2D eigenvalue weighted by Crippen LogP contribution is -2.28. The summed E-state index contributed by atoms with van der Waals surface area (Å²) in [6, 6.07) is 12.8. The molecule has 4 rings (SSSR count). The highest BCUT2D eigenvalue weighted by atomic mass is 32.1. The van der Waals surface area contributed by atoms with E-state index in [2.05, 4.69) is 10.1 Å². The molecular weight excluding hydrogens is 442 g/mol. The van der Waals surface area contributed by atoms with E-state index in [1.807, 2.05) is 37.3 Å². The van der Waals surface area contributed by atoms with E-state index in [1.165, 1.54) is 4.52 Å². The summed E-state index contributed by atoms with van der Waals surface area (Å²) in [5.41, 5.74) is 1.03.